The van der Waals surface area contributed by atoms with Gasteiger partial charge in [0.1, 0.15) is 17.2 Å². The van der Waals surface area contributed by atoms with Crippen molar-refractivity contribution in [2.45, 2.75) is 25.3 Å². The van der Waals surface area contributed by atoms with Gasteiger partial charge in [-0.25, -0.2) is 13.8 Å². The number of hydrogen-bond donors (Lipinski definition) is 0. The van der Waals surface area contributed by atoms with Crippen LogP contribution >= 0.6 is 0 Å². The van der Waals surface area contributed by atoms with E-state index in [1.165, 1.54) is 11.9 Å². The van der Waals surface area contributed by atoms with Gasteiger partial charge in [-0.1, -0.05) is 18.2 Å². The Labute approximate surface area is 150 Å². The third-order valence-electron chi connectivity index (χ3n) is 5.30. The number of hydrogen-bond acceptors (Lipinski definition) is 3. The maximum atomic E-state index is 14.3. The lowest BCUT2D eigenvalue weighted by Gasteiger charge is -2.44. The number of benzene rings is 2. The highest BCUT2D eigenvalue weighted by Gasteiger charge is 2.49. The van der Waals surface area contributed by atoms with E-state index >= 15 is 0 Å². The monoisotopic (exact) mass is 355 g/mol. The van der Waals surface area contributed by atoms with Gasteiger partial charge in [0.15, 0.2) is 0 Å². The van der Waals surface area contributed by atoms with E-state index in [4.69, 9.17) is 0 Å². The lowest BCUT2D eigenvalue weighted by Crippen LogP contribution is -2.48. The van der Waals surface area contributed by atoms with Crippen LogP contribution in [0.4, 0.5) is 14.5 Å². The Morgan fingerprint density at radius 3 is 2.73 bits per heavy atom. The predicted molar refractivity (Wildman–Crippen MR) is 96.0 cm³/mol. The van der Waals surface area contributed by atoms with Crippen molar-refractivity contribution in [3.63, 3.8) is 0 Å². The predicted octanol–water partition coefficient (Wildman–Crippen LogP) is 3.66. The van der Waals surface area contributed by atoms with Crippen LogP contribution in [0.3, 0.4) is 0 Å². The molecule has 0 N–H and O–H groups in total. The highest BCUT2D eigenvalue weighted by Crippen LogP contribution is 2.48. The average Bonchev–Trinajstić information content (AvgIpc) is 3.01. The van der Waals surface area contributed by atoms with Gasteiger partial charge in [-0.05, 0) is 30.7 Å². The van der Waals surface area contributed by atoms with Gasteiger partial charge in [-0.3, -0.25) is 4.79 Å². The van der Waals surface area contributed by atoms with Crippen molar-refractivity contribution in [2.24, 2.45) is 5.10 Å². The quantitative estimate of drug-likeness (QED) is 0.783. The molecule has 4 rings (SSSR count). The number of anilines is 1. The Morgan fingerprint density at radius 1 is 1.19 bits per heavy atom. The summed E-state index contributed by atoms with van der Waals surface area (Å²) in [6.07, 6.45) is 1.03. The molecule has 0 radical (unpaired) electrons. The van der Waals surface area contributed by atoms with Crippen LogP contribution in [0.5, 0.6) is 0 Å². The van der Waals surface area contributed by atoms with E-state index in [9.17, 15) is 13.6 Å². The second kappa shape index (κ2) is 5.90. The van der Waals surface area contributed by atoms with Crippen LogP contribution < -0.4 is 4.90 Å². The third-order valence-corrected chi connectivity index (χ3v) is 5.30. The molecule has 0 fully saturated rings. The molecule has 6 heteroatoms. The maximum absolute atomic E-state index is 14.3. The molecule has 1 atom stereocenters. The van der Waals surface area contributed by atoms with Crippen molar-refractivity contribution in [2.75, 3.05) is 18.5 Å². The van der Waals surface area contributed by atoms with E-state index in [2.05, 4.69) is 10.0 Å². The standard InChI is InChI=1S/C20H19F2N3O/c1-13(26)25-20(9-10-24(2)19-6-4-3-5-16(19)20)12-18(23-25)15-11-14(21)7-8-17(15)22/h3-8,11H,9-10,12H2,1-2H3. The number of halogens is 2. The van der Waals surface area contributed by atoms with Crippen molar-refractivity contribution in [1.29, 1.82) is 0 Å². The molecule has 1 amide bonds. The van der Waals surface area contributed by atoms with Crippen LogP contribution in [0.25, 0.3) is 0 Å². The molecule has 2 aromatic rings. The van der Waals surface area contributed by atoms with Crippen molar-refractivity contribution in [3.05, 3.63) is 65.2 Å². The van der Waals surface area contributed by atoms with Gasteiger partial charge in [0.2, 0.25) is 5.91 Å². The van der Waals surface area contributed by atoms with Crippen molar-refractivity contribution in [1.82, 2.24) is 5.01 Å². The summed E-state index contributed by atoms with van der Waals surface area (Å²) < 4.78 is 28.0. The number of carbonyl (C=O) groups is 1. The van der Waals surface area contributed by atoms with Crippen LogP contribution in [0, 0.1) is 11.6 Å². The van der Waals surface area contributed by atoms with E-state index < -0.39 is 17.2 Å². The average molecular weight is 355 g/mol. The molecule has 1 unspecified atom stereocenters. The molecule has 4 nitrogen and oxygen atoms in total. The summed E-state index contributed by atoms with van der Waals surface area (Å²) in [7, 11) is 2.01. The highest BCUT2D eigenvalue weighted by atomic mass is 19.1. The molecule has 0 saturated carbocycles. The molecule has 0 aromatic heterocycles. The first-order valence-electron chi connectivity index (χ1n) is 8.57. The lowest BCUT2D eigenvalue weighted by atomic mass is 9.78. The number of fused-ring (bicyclic) bond motifs is 2. The molecule has 1 spiro atoms. The first kappa shape index (κ1) is 16.7. The fourth-order valence-electron chi connectivity index (χ4n) is 4.05. The van der Waals surface area contributed by atoms with Crippen LogP contribution in [0.15, 0.2) is 47.6 Å². The maximum Gasteiger partial charge on any atom is 0.240 e. The smallest absolute Gasteiger partial charge is 0.240 e. The molecule has 2 aliphatic rings. The van der Waals surface area contributed by atoms with E-state index in [0.29, 0.717) is 18.6 Å². The van der Waals surface area contributed by atoms with Gasteiger partial charge in [-0.15, -0.1) is 0 Å². The van der Waals surface area contributed by atoms with E-state index in [0.717, 1.165) is 36.0 Å². The first-order chi connectivity index (χ1) is 12.4. The van der Waals surface area contributed by atoms with E-state index in [1.807, 2.05) is 31.3 Å². The van der Waals surface area contributed by atoms with E-state index in [-0.39, 0.29) is 11.5 Å². The summed E-state index contributed by atoms with van der Waals surface area (Å²) in [5.74, 6) is -1.27. The Hall–Kier alpha value is -2.76. The van der Waals surface area contributed by atoms with Gasteiger partial charge in [0, 0.05) is 43.8 Å². The minimum absolute atomic E-state index is 0.115. The number of para-hydroxylation sites is 1. The summed E-state index contributed by atoms with van der Waals surface area (Å²) in [4.78, 5) is 14.5. The molecule has 2 aromatic carbocycles. The second-order valence-electron chi connectivity index (χ2n) is 6.90. The zero-order chi connectivity index (χ0) is 18.5. The zero-order valence-corrected chi connectivity index (χ0v) is 14.7. The topological polar surface area (TPSA) is 35.9 Å². The van der Waals surface area contributed by atoms with Crippen LogP contribution in [0.1, 0.15) is 30.9 Å². The molecule has 26 heavy (non-hydrogen) atoms. The molecule has 0 bridgehead atoms. The molecule has 134 valence electrons. The van der Waals surface area contributed by atoms with Crippen LogP contribution in [-0.4, -0.2) is 30.2 Å². The Kier molecular flexibility index (Phi) is 3.79. The van der Waals surface area contributed by atoms with Gasteiger partial charge in [0.05, 0.1) is 5.71 Å². The second-order valence-corrected chi connectivity index (χ2v) is 6.90. The number of nitrogens with zero attached hydrogens (tertiary/aromatic N) is 3. The Balaban J connectivity index is 1.86. The summed E-state index contributed by atoms with van der Waals surface area (Å²) in [5, 5.41) is 5.89. The molecule has 2 aliphatic heterocycles. The van der Waals surface area contributed by atoms with Crippen molar-refractivity contribution < 1.29 is 13.6 Å². The largest absolute Gasteiger partial charge is 0.374 e. The number of hydrazone groups is 1. The minimum Gasteiger partial charge on any atom is -0.374 e. The van der Waals surface area contributed by atoms with Crippen LogP contribution in [-0.2, 0) is 10.3 Å². The minimum atomic E-state index is -0.664. The molecular formula is C20H19F2N3O. The zero-order valence-electron chi connectivity index (χ0n) is 14.7. The summed E-state index contributed by atoms with van der Waals surface area (Å²) in [5.41, 5.74) is 1.87. The van der Waals surface area contributed by atoms with Gasteiger partial charge < -0.3 is 4.90 Å². The molecular weight excluding hydrogens is 336 g/mol. The number of carbonyl (C=O) groups excluding carboxylic acids is 1. The fraction of sp³-hybridized carbons (Fsp3) is 0.300. The molecule has 0 saturated heterocycles. The van der Waals surface area contributed by atoms with Gasteiger partial charge in [-0.2, -0.15) is 5.10 Å². The number of rotatable bonds is 1. The Bertz CT molecular complexity index is 927. The Morgan fingerprint density at radius 2 is 1.96 bits per heavy atom. The molecule has 2 heterocycles. The number of amides is 1. The van der Waals surface area contributed by atoms with Crippen molar-refractivity contribution >= 4 is 17.3 Å². The normalized spacial score (nSPS) is 21.8. The fourth-order valence-corrected chi connectivity index (χ4v) is 4.05. The summed E-state index contributed by atoms with van der Waals surface area (Å²) >= 11 is 0. The van der Waals surface area contributed by atoms with Crippen molar-refractivity contribution in [3.8, 4) is 0 Å². The van der Waals surface area contributed by atoms with E-state index in [1.54, 1.807) is 0 Å². The lowest BCUT2D eigenvalue weighted by molar-refractivity contribution is -0.135. The summed E-state index contributed by atoms with van der Waals surface area (Å²) in [6, 6.07) is 11.2. The first-order valence-corrected chi connectivity index (χ1v) is 8.57. The van der Waals surface area contributed by atoms with Crippen LogP contribution in [0.2, 0.25) is 0 Å². The third kappa shape index (κ3) is 2.40. The van der Waals surface area contributed by atoms with Gasteiger partial charge in [0.25, 0.3) is 0 Å². The van der Waals surface area contributed by atoms with Gasteiger partial charge >= 0.3 is 0 Å². The highest BCUT2D eigenvalue weighted by molar-refractivity contribution is 6.04. The summed E-state index contributed by atoms with van der Waals surface area (Å²) in [6.45, 7) is 2.20. The SMILES string of the molecule is CC(=O)N1N=C(c2cc(F)ccc2F)CC12CCN(C)c1ccccc12. The molecule has 0 aliphatic carbocycles.